The van der Waals surface area contributed by atoms with Crippen LogP contribution in [0, 0.1) is 12.8 Å². The number of guanidine groups is 1. The van der Waals surface area contributed by atoms with E-state index in [-0.39, 0.29) is 11.8 Å². The molecule has 2 heterocycles. The number of hydrogen-bond acceptors (Lipinski definition) is 4. The summed E-state index contributed by atoms with van der Waals surface area (Å²) < 4.78 is 0. The lowest BCUT2D eigenvalue weighted by molar-refractivity contribution is -0.131. The average Bonchev–Trinajstić information content (AvgIpc) is 2.72. The van der Waals surface area contributed by atoms with Crippen molar-refractivity contribution >= 4 is 17.6 Å². The summed E-state index contributed by atoms with van der Waals surface area (Å²) in [6, 6.07) is 8.52. The zero-order valence-electron chi connectivity index (χ0n) is 13.5. The minimum atomic E-state index is -0.721. The lowest BCUT2D eigenvalue weighted by Gasteiger charge is -2.39. The van der Waals surface area contributed by atoms with Gasteiger partial charge in [0, 0.05) is 31.7 Å². The number of carbonyl (C=O) groups is 1. The van der Waals surface area contributed by atoms with E-state index < -0.39 is 5.54 Å². The Morgan fingerprint density at radius 1 is 1.41 bits per heavy atom. The highest BCUT2D eigenvalue weighted by atomic mass is 16.2. The van der Waals surface area contributed by atoms with Crippen molar-refractivity contribution in [1.82, 2.24) is 4.90 Å². The second-order valence-corrected chi connectivity index (χ2v) is 6.61. The predicted molar refractivity (Wildman–Crippen MR) is 88.9 cm³/mol. The Bertz CT molecular complexity index is 627. The van der Waals surface area contributed by atoms with Crippen LogP contribution in [0.3, 0.4) is 0 Å². The van der Waals surface area contributed by atoms with E-state index in [4.69, 9.17) is 5.73 Å². The minimum absolute atomic E-state index is 0.0149. The number of nitrogens with two attached hydrogens (primary N) is 1. The number of aliphatic imine (C=N–C) groups is 1. The zero-order chi connectivity index (χ0) is 15.9. The van der Waals surface area contributed by atoms with Crippen LogP contribution in [0.1, 0.15) is 25.3 Å². The van der Waals surface area contributed by atoms with Crippen LogP contribution in [0.15, 0.2) is 29.3 Å². The molecule has 1 fully saturated rings. The molecule has 0 radical (unpaired) electrons. The molecule has 3 rings (SSSR count). The van der Waals surface area contributed by atoms with Crippen molar-refractivity contribution in [3.63, 3.8) is 0 Å². The second-order valence-electron chi connectivity index (χ2n) is 6.61. The van der Waals surface area contributed by atoms with Gasteiger partial charge < -0.3 is 10.6 Å². The molecule has 0 unspecified atom stereocenters. The van der Waals surface area contributed by atoms with E-state index in [1.165, 1.54) is 16.2 Å². The minimum Gasteiger partial charge on any atom is -0.371 e. The van der Waals surface area contributed by atoms with Crippen molar-refractivity contribution in [3.05, 3.63) is 29.8 Å². The first-order valence-corrected chi connectivity index (χ1v) is 7.87. The number of rotatable bonds is 2. The number of benzene rings is 1. The summed E-state index contributed by atoms with van der Waals surface area (Å²) in [6.45, 7) is 5.90. The Morgan fingerprint density at radius 3 is 2.82 bits per heavy atom. The second kappa shape index (κ2) is 5.30. The maximum Gasteiger partial charge on any atom is 0.257 e. The van der Waals surface area contributed by atoms with Crippen molar-refractivity contribution < 1.29 is 4.79 Å². The first kappa shape index (κ1) is 14.9. The summed E-state index contributed by atoms with van der Waals surface area (Å²) in [5.74, 6) is 0.541. The molecule has 1 aromatic rings. The fourth-order valence-corrected chi connectivity index (χ4v) is 3.57. The summed E-state index contributed by atoms with van der Waals surface area (Å²) >= 11 is 0. The number of carbonyl (C=O) groups excluding carboxylic acids is 1. The maximum absolute atomic E-state index is 12.5. The molecule has 22 heavy (non-hydrogen) atoms. The van der Waals surface area contributed by atoms with E-state index in [9.17, 15) is 4.79 Å². The Morgan fingerprint density at radius 2 is 2.18 bits per heavy atom. The third-order valence-electron chi connectivity index (χ3n) is 5.01. The highest BCUT2D eigenvalue weighted by Crippen LogP contribution is 2.36. The lowest BCUT2D eigenvalue weighted by atomic mass is 9.80. The number of nitrogens with zero attached hydrogens (tertiary/aromatic N) is 3. The van der Waals surface area contributed by atoms with E-state index >= 15 is 0 Å². The monoisotopic (exact) mass is 300 g/mol. The van der Waals surface area contributed by atoms with Gasteiger partial charge in [0.05, 0.1) is 0 Å². The summed E-state index contributed by atoms with van der Waals surface area (Å²) in [4.78, 5) is 20.9. The smallest absolute Gasteiger partial charge is 0.257 e. The van der Waals surface area contributed by atoms with Gasteiger partial charge in [0.2, 0.25) is 0 Å². The van der Waals surface area contributed by atoms with Gasteiger partial charge in [-0.25, -0.2) is 4.99 Å². The molecule has 1 amide bonds. The molecular formula is C17H24N4O. The van der Waals surface area contributed by atoms with E-state index in [1.807, 2.05) is 6.92 Å². The lowest BCUT2D eigenvalue weighted by Crippen LogP contribution is -2.50. The molecule has 0 saturated carbocycles. The van der Waals surface area contributed by atoms with Gasteiger partial charge in [-0.05, 0) is 44.4 Å². The third-order valence-corrected chi connectivity index (χ3v) is 5.01. The van der Waals surface area contributed by atoms with Gasteiger partial charge in [-0.15, -0.1) is 0 Å². The van der Waals surface area contributed by atoms with Crippen molar-refractivity contribution in [3.8, 4) is 0 Å². The van der Waals surface area contributed by atoms with Crippen LogP contribution in [0.4, 0.5) is 5.69 Å². The van der Waals surface area contributed by atoms with Gasteiger partial charge in [-0.1, -0.05) is 12.1 Å². The molecular weight excluding hydrogens is 276 g/mol. The van der Waals surface area contributed by atoms with E-state index in [0.717, 1.165) is 25.9 Å². The Hall–Kier alpha value is -2.04. The van der Waals surface area contributed by atoms with Crippen molar-refractivity contribution in [2.45, 2.75) is 32.2 Å². The van der Waals surface area contributed by atoms with Gasteiger partial charge in [0.1, 0.15) is 5.54 Å². The molecule has 2 N–H and O–H groups in total. The summed E-state index contributed by atoms with van der Waals surface area (Å²) in [5.41, 5.74) is 7.62. The molecule has 0 spiro atoms. The van der Waals surface area contributed by atoms with Crippen LogP contribution in [0.25, 0.3) is 0 Å². The number of hydrogen-bond donors (Lipinski definition) is 1. The van der Waals surface area contributed by atoms with Crippen LogP contribution in [0.2, 0.25) is 0 Å². The molecule has 0 aromatic heterocycles. The molecule has 2 aliphatic rings. The van der Waals surface area contributed by atoms with Crippen LogP contribution in [-0.4, -0.2) is 42.4 Å². The van der Waals surface area contributed by atoms with Gasteiger partial charge in [-0.3, -0.25) is 9.69 Å². The standard InChI is InChI=1S/C17H24N4O/c1-12-6-4-8-14(10-12)21-9-5-7-13(11-21)17(2)15(22)20(3)16(18)19-17/h4,6,8,10,13H,5,7,9,11H2,1-3H3,(H2,18,19)/t13-,17-/m1/s1. The van der Waals surface area contributed by atoms with Gasteiger partial charge in [0.25, 0.3) is 5.91 Å². The topological polar surface area (TPSA) is 61.9 Å². The molecule has 5 nitrogen and oxygen atoms in total. The average molecular weight is 300 g/mol. The van der Waals surface area contributed by atoms with Gasteiger partial charge in [-0.2, -0.15) is 0 Å². The molecule has 118 valence electrons. The SMILES string of the molecule is Cc1cccc(N2CCC[C@@H]([C@@]3(C)N=C(N)N(C)C3=O)C2)c1. The van der Waals surface area contributed by atoms with Crippen molar-refractivity contribution in [1.29, 1.82) is 0 Å². The first-order valence-electron chi connectivity index (χ1n) is 7.87. The van der Waals surface area contributed by atoms with E-state index in [1.54, 1.807) is 7.05 Å². The Kier molecular flexibility index (Phi) is 3.59. The summed E-state index contributed by atoms with van der Waals surface area (Å²) in [5, 5.41) is 0. The molecule has 2 aliphatic heterocycles. The van der Waals surface area contributed by atoms with Crippen LogP contribution in [-0.2, 0) is 4.79 Å². The molecule has 1 aromatic carbocycles. The molecule has 5 heteroatoms. The largest absolute Gasteiger partial charge is 0.371 e. The Labute approximate surface area is 131 Å². The van der Waals surface area contributed by atoms with Gasteiger partial charge in [0.15, 0.2) is 5.96 Å². The van der Waals surface area contributed by atoms with Crippen molar-refractivity contribution in [2.24, 2.45) is 16.6 Å². The highest BCUT2D eigenvalue weighted by molar-refractivity contribution is 6.06. The zero-order valence-corrected chi connectivity index (χ0v) is 13.5. The summed E-state index contributed by atoms with van der Waals surface area (Å²) in [6.07, 6.45) is 2.08. The number of anilines is 1. The quantitative estimate of drug-likeness (QED) is 0.905. The van der Waals surface area contributed by atoms with Crippen LogP contribution < -0.4 is 10.6 Å². The maximum atomic E-state index is 12.5. The van der Waals surface area contributed by atoms with Crippen LogP contribution >= 0.6 is 0 Å². The fourth-order valence-electron chi connectivity index (χ4n) is 3.57. The normalized spacial score (nSPS) is 29.0. The molecule has 0 aliphatic carbocycles. The number of amides is 1. The number of likely N-dealkylation sites (N-methyl/N-ethyl adjacent to an activating group) is 1. The molecule has 0 bridgehead atoms. The predicted octanol–water partition coefficient (Wildman–Crippen LogP) is 1.76. The first-order chi connectivity index (χ1) is 10.4. The molecule has 2 atom stereocenters. The van der Waals surface area contributed by atoms with Gasteiger partial charge >= 0.3 is 0 Å². The molecule has 1 saturated heterocycles. The fraction of sp³-hybridized carbons (Fsp3) is 0.529. The van der Waals surface area contributed by atoms with E-state index in [0.29, 0.717) is 5.96 Å². The van der Waals surface area contributed by atoms with Crippen molar-refractivity contribution in [2.75, 3.05) is 25.0 Å². The Balaban J connectivity index is 1.83. The highest BCUT2D eigenvalue weighted by Gasteiger charge is 2.49. The number of piperidine rings is 1. The van der Waals surface area contributed by atoms with E-state index in [2.05, 4.69) is 41.1 Å². The number of aryl methyl sites for hydroxylation is 1. The van der Waals surface area contributed by atoms with Crippen LogP contribution in [0.5, 0.6) is 0 Å². The third kappa shape index (κ3) is 2.34. The summed E-state index contributed by atoms with van der Waals surface area (Å²) in [7, 11) is 1.70.